The Morgan fingerprint density at radius 2 is 1.95 bits per heavy atom. The average Bonchev–Trinajstić information content (AvgIpc) is 2.55. The maximum atomic E-state index is 11.3. The third-order valence-corrected chi connectivity index (χ3v) is 3.91. The Hall–Kier alpha value is -1.95. The lowest BCUT2D eigenvalue weighted by Crippen LogP contribution is -2.46. The first kappa shape index (κ1) is 16.4. The number of carboxylic acids is 1. The second-order valence-corrected chi connectivity index (χ2v) is 5.23. The molecule has 1 aromatic rings. The zero-order chi connectivity index (χ0) is 15.9. The smallest absolute Gasteiger partial charge is 0.320 e. The molecule has 122 valence electrons. The van der Waals surface area contributed by atoms with E-state index >= 15 is 0 Å². The number of carbonyl (C=O) groups is 1. The molecule has 1 aromatic carbocycles. The van der Waals surface area contributed by atoms with E-state index in [2.05, 4.69) is 0 Å². The topological polar surface area (TPSA) is 68.2 Å². The molecule has 1 saturated heterocycles. The number of methoxy groups -OCH3 is 2. The van der Waals surface area contributed by atoms with Gasteiger partial charge in [0.25, 0.3) is 0 Å². The number of hydrogen-bond donors (Lipinski definition) is 1. The highest BCUT2D eigenvalue weighted by Crippen LogP contribution is 2.36. The number of rotatable bonds is 7. The monoisotopic (exact) mass is 309 g/mol. The fourth-order valence-electron chi connectivity index (χ4n) is 2.76. The molecule has 1 fully saturated rings. The summed E-state index contributed by atoms with van der Waals surface area (Å²) in [6.07, 6.45) is 2.70. The van der Waals surface area contributed by atoms with Gasteiger partial charge in [0.2, 0.25) is 5.75 Å². The molecular weight excluding hydrogens is 286 g/mol. The summed E-state index contributed by atoms with van der Waals surface area (Å²) in [6.45, 7) is 1.75. The first-order valence-electron chi connectivity index (χ1n) is 7.48. The van der Waals surface area contributed by atoms with E-state index in [0.717, 1.165) is 19.4 Å². The molecule has 0 bridgehead atoms. The van der Waals surface area contributed by atoms with Crippen molar-refractivity contribution in [2.24, 2.45) is 0 Å². The van der Waals surface area contributed by atoms with Crippen molar-refractivity contribution in [1.82, 2.24) is 4.90 Å². The van der Waals surface area contributed by atoms with Crippen LogP contribution < -0.4 is 14.2 Å². The van der Waals surface area contributed by atoms with Crippen molar-refractivity contribution in [2.75, 3.05) is 33.9 Å². The van der Waals surface area contributed by atoms with Gasteiger partial charge in [0.15, 0.2) is 11.5 Å². The molecule has 1 aliphatic rings. The van der Waals surface area contributed by atoms with Gasteiger partial charge >= 0.3 is 5.97 Å². The molecule has 0 aliphatic carbocycles. The minimum Gasteiger partial charge on any atom is -0.493 e. The molecule has 1 unspecified atom stereocenters. The van der Waals surface area contributed by atoms with Gasteiger partial charge in [-0.3, -0.25) is 9.69 Å². The zero-order valence-corrected chi connectivity index (χ0v) is 13.1. The number of hydrogen-bond acceptors (Lipinski definition) is 5. The van der Waals surface area contributed by atoms with Gasteiger partial charge in [0, 0.05) is 6.54 Å². The third-order valence-electron chi connectivity index (χ3n) is 3.91. The number of para-hydroxylation sites is 1. The third kappa shape index (κ3) is 3.82. The van der Waals surface area contributed by atoms with Gasteiger partial charge in [-0.05, 0) is 31.5 Å². The average molecular weight is 309 g/mol. The molecule has 1 aliphatic heterocycles. The van der Waals surface area contributed by atoms with Gasteiger partial charge < -0.3 is 19.3 Å². The van der Waals surface area contributed by atoms with Crippen molar-refractivity contribution < 1.29 is 24.1 Å². The van der Waals surface area contributed by atoms with Crippen LogP contribution >= 0.6 is 0 Å². The van der Waals surface area contributed by atoms with E-state index in [1.165, 1.54) is 0 Å². The second-order valence-electron chi connectivity index (χ2n) is 5.23. The fraction of sp³-hybridized carbons (Fsp3) is 0.562. The molecule has 0 amide bonds. The molecule has 22 heavy (non-hydrogen) atoms. The Bertz CT molecular complexity index is 483. The highest BCUT2D eigenvalue weighted by molar-refractivity contribution is 5.73. The van der Waals surface area contributed by atoms with Crippen LogP contribution in [0.25, 0.3) is 0 Å². The van der Waals surface area contributed by atoms with E-state index in [1.54, 1.807) is 26.4 Å². The molecule has 1 N–H and O–H groups in total. The lowest BCUT2D eigenvalue weighted by Gasteiger charge is -2.32. The van der Waals surface area contributed by atoms with E-state index in [0.29, 0.717) is 36.8 Å². The molecular formula is C16H23NO5. The van der Waals surface area contributed by atoms with Crippen LogP contribution in [0.15, 0.2) is 18.2 Å². The summed E-state index contributed by atoms with van der Waals surface area (Å²) in [5, 5.41) is 9.27. The summed E-state index contributed by atoms with van der Waals surface area (Å²) in [6, 6.07) is 5.03. The molecule has 6 nitrogen and oxygen atoms in total. The minimum absolute atomic E-state index is 0.389. The summed E-state index contributed by atoms with van der Waals surface area (Å²) < 4.78 is 16.4. The molecule has 0 aromatic heterocycles. The highest BCUT2D eigenvalue weighted by atomic mass is 16.5. The van der Waals surface area contributed by atoms with E-state index in [-0.39, 0.29) is 0 Å². The maximum Gasteiger partial charge on any atom is 0.320 e. The Morgan fingerprint density at radius 3 is 2.55 bits per heavy atom. The van der Waals surface area contributed by atoms with E-state index in [9.17, 15) is 9.90 Å². The van der Waals surface area contributed by atoms with Crippen LogP contribution in [0.4, 0.5) is 0 Å². The number of nitrogens with zero attached hydrogens (tertiary/aromatic N) is 1. The molecule has 0 spiro atoms. The molecule has 6 heteroatoms. The number of carboxylic acid groups (broad SMARTS) is 1. The number of benzene rings is 1. The number of aliphatic carboxylic acids is 1. The largest absolute Gasteiger partial charge is 0.493 e. The van der Waals surface area contributed by atoms with Crippen molar-refractivity contribution in [3.8, 4) is 17.2 Å². The molecule has 2 rings (SSSR count). The van der Waals surface area contributed by atoms with Crippen LogP contribution in [0.2, 0.25) is 0 Å². The Balaban J connectivity index is 1.97. The van der Waals surface area contributed by atoms with Gasteiger partial charge in [-0.2, -0.15) is 0 Å². The quantitative estimate of drug-likeness (QED) is 0.831. The maximum absolute atomic E-state index is 11.3. The summed E-state index contributed by atoms with van der Waals surface area (Å²) in [5.74, 6) is 1.01. The molecule has 1 atom stereocenters. The molecule has 0 radical (unpaired) electrons. The first-order chi connectivity index (χ1) is 10.7. The summed E-state index contributed by atoms with van der Waals surface area (Å²) in [5.41, 5.74) is 0. The molecule has 1 heterocycles. The minimum atomic E-state index is -0.755. The van der Waals surface area contributed by atoms with E-state index in [4.69, 9.17) is 14.2 Å². The lowest BCUT2D eigenvalue weighted by molar-refractivity contribution is -0.144. The number of ether oxygens (including phenoxy) is 3. The van der Waals surface area contributed by atoms with Crippen LogP contribution in [0, 0.1) is 0 Å². The number of likely N-dealkylation sites (tertiary alicyclic amines) is 1. The Morgan fingerprint density at radius 1 is 1.27 bits per heavy atom. The van der Waals surface area contributed by atoms with Crippen molar-refractivity contribution in [3.05, 3.63) is 18.2 Å². The molecule has 0 saturated carbocycles. The van der Waals surface area contributed by atoms with Gasteiger partial charge in [-0.1, -0.05) is 12.5 Å². The van der Waals surface area contributed by atoms with Crippen LogP contribution in [-0.2, 0) is 4.79 Å². The fourth-order valence-corrected chi connectivity index (χ4v) is 2.76. The van der Waals surface area contributed by atoms with Crippen molar-refractivity contribution >= 4 is 5.97 Å². The van der Waals surface area contributed by atoms with Gasteiger partial charge in [-0.15, -0.1) is 0 Å². The van der Waals surface area contributed by atoms with Crippen LogP contribution in [0.5, 0.6) is 17.2 Å². The first-order valence-corrected chi connectivity index (χ1v) is 7.48. The predicted octanol–water partition coefficient (Wildman–Crippen LogP) is 2.02. The van der Waals surface area contributed by atoms with E-state index < -0.39 is 12.0 Å². The second kappa shape index (κ2) is 7.89. The van der Waals surface area contributed by atoms with Crippen LogP contribution in [-0.4, -0.2) is 55.9 Å². The van der Waals surface area contributed by atoms with E-state index in [1.807, 2.05) is 11.0 Å². The summed E-state index contributed by atoms with van der Waals surface area (Å²) >= 11 is 0. The number of piperidine rings is 1. The van der Waals surface area contributed by atoms with Crippen molar-refractivity contribution in [1.29, 1.82) is 0 Å². The summed E-state index contributed by atoms with van der Waals surface area (Å²) in [7, 11) is 3.15. The summed E-state index contributed by atoms with van der Waals surface area (Å²) in [4.78, 5) is 13.2. The van der Waals surface area contributed by atoms with Crippen LogP contribution in [0.3, 0.4) is 0 Å². The lowest BCUT2D eigenvalue weighted by atomic mass is 10.0. The zero-order valence-electron chi connectivity index (χ0n) is 13.1. The van der Waals surface area contributed by atoms with Crippen molar-refractivity contribution in [2.45, 2.75) is 25.3 Å². The Kier molecular flexibility index (Phi) is 5.89. The Labute approximate surface area is 130 Å². The van der Waals surface area contributed by atoms with Crippen molar-refractivity contribution in [3.63, 3.8) is 0 Å². The predicted molar refractivity (Wildman–Crippen MR) is 81.9 cm³/mol. The van der Waals surface area contributed by atoms with Gasteiger partial charge in [0.1, 0.15) is 12.6 Å². The SMILES string of the molecule is COc1cccc(OC)c1OCCN1CCCCC1C(=O)O. The standard InChI is InChI=1S/C16H23NO5/c1-20-13-7-5-8-14(21-2)15(13)22-11-10-17-9-4-3-6-12(17)16(18)19/h5,7-8,12H,3-4,6,9-11H2,1-2H3,(H,18,19). The van der Waals surface area contributed by atoms with Gasteiger partial charge in [-0.25, -0.2) is 0 Å². The normalized spacial score (nSPS) is 18.7. The van der Waals surface area contributed by atoms with Gasteiger partial charge in [0.05, 0.1) is 14.2 Å². The van der Waals surface area contributed by atoms with Crippen LogP contribution in [0.1, 0.15) is 19.3 Å². The highest BCUT2D eigenvalue weighted by Gasteiger charge is 2.28.